The molecule has 118 valence electrons. The van der Waals surface area contributed by atoms with Crippen LogP contribution < -0.4 is 11.5 Å². The van der Waals surface area contributed by atoms with E-state index in [-0.39, 0.29) is 11.9 Å². The number of rotatable bonds is 10. The molecule has 0 aromatic heterocycles. The van der Waals surface area contributed by atoms with E-state index in [4.69, 9.17) is 16.2 Å². The summed E-state index contributed by atoms with van der Waals surface area (Å²) in [4.78, 5) is 15.6. The monoisotopic (exact) mass is 293 g/mol. The van der Waals surface area contributed by atoms with E-state index in [0.29, 0.717) is 18.7 Å². The summed E-state index contributed by atoms with van der Waals surface area (Å²) in [5.74, 6) is 0.453. The Morgan fingerprint density at radius 2 is 2.00 bits per heavy atom. The van der Waals surface area contributed by atoms with Gasteiger partial charge in [0.15, 0.2) is 5.96 Å². The average Bonchev–Trinajstić information content (AvgIpc) is 2.42. The highest BCUT2D eigenvalue weighted by atomic mass is 16.5. The average molecular weight is 293 g/mol. The van der Waals surface area contributed by atoms with Crippen molar-refractivity contribution in [3.05, 3.63) is 36.1 Å². The first-order valence-corrected chi connectivity index (χ1v) is 7.35. The predicted octanol–water partition coefficient (Wildman–Crippen LogP) is 2.79. The third kappa shape index (κ3) is 12.7. The van der Waals surface area contributed by atoms with Crippen LogP contribution in [0.1, 0.15) is 46.0 Å². The van der Waals surface area contributed by atoms with Gasteiger partial charge in [-0.15, -0.1) is 0 Å². The molecule has 5 nitrogen and oxygen atoms in total. The van der Waals surface area contributed by atoms with Gasteiger partial charge in [0.2, 0.25) is 0 Å². The highest BCUT2D eigenvalue weighted by Gasteiger charge is 2.04. The highest BCUT2D eigenvalue weighted by Crippen LogP contribution is 2.07. The predicted molar refractivity (Wildman–Crippen MR) is 87.6 cm³/mol. The number of carbonyl (C=O) groups is 1. The van der Waals surface area contributed by atoms with Gasteiger partial charge < -0.3 is 16.2 Å². The summed E-state index contributed by atoms with van der Waals surface area (Å²) in [6.45, 7) is 4.53. The van der Waals surface area contributed by atoms with Crippen molar-refractivity contribution < 1.29 is 9.53 Å². The normalized spacial score (nSPS) is 12.0. The number of guanidine groups is 1. The van der Waals surface area contributed by atoms with Crippen LogP contribution in [-0.4, -0.2) is 18.5 Å². The Morgan fingerprint density at radius 1 is 1.24 bits per heavy atom. The maximum absolute atomic E-state index is 11.7. The first kappa shape index (κ1) is 19.0. The van der Waals surface area contributed by atoms with E-state index in [1.807, 2.05) is 32.1 Å². The lowest BCUT2D eigenvalue weighted by Crippen LogP contribution is -2.22. The van der Waals surface area contributed by atoms with Gasteiger partial charge >= 0.3 is 5.97 Å². The number of esters is 1. The van der Waals surface area contributed by atoms with Gasteiger partial charge in [-0.1, -0.05) is 31.6 Å². The van der Waals surface area contributed by atoms with E-state index in [0.717, 1.165) is 25.7 Å². The van der Waals surface area contributed by atoms with Crippen LogP contribution in [-0.2, 0) is 9.53 Å². The molecule has 4 N–H and O–H groups in total. The number of unbranched alkanes of at least 4 members (excludes halogenated alkanes) is 2. The second-order valence-electron chi connectivity index (χ2n) is 4.50. The Kier molecular flexibility index (Phi) is 11.7. The molecule has 0 atom stereocenters. The first-order valence-electron chi connectivity index (χ1n) is 7.35. The van der Waals surface area contributed by atoms with E-state index in [1.54, 1.807) is 12.2 Å². The number of hydrogen-bond acceptors (Lipinski definition) is 3. The van der Waals surface area contributed by atoms with Crippen LogP contribution in [0.2, 0.25) is 0 Å². The van der Waals surface area contributed by atoms with E-state index in [9.17, 15) is 4.79 Å². The van der Waals surface area contributed by atoms with Gasteiger partial charge in [-0.3, -0.25) is 9.79 Å². The molecule has 0 amide bonds. The van der Waals surface area contributed by atoms with Crippen LogP contribution in [0.5, 0.6) is 0 Å². The molecular weight excluding hydrogens is 266 g/mol. The summed E-state index contributed by atoms with van der Waals surface area (Å²) in [6.07, 6.45) is 13.2. The molecule has 21 heavy (non-hydrogen) atoms. The Bertz CT molecular complexity index is 406. The number of nitrogens with two attached hydrogens (primary N) is 2. The third-order valence-electron chi connectivity index (χ3n) is 2.53. The molecule has 0 spiro atoms. The largest absolute Gasteiger partial charge is 0.427 e. The first-order chi connectivity index (χ1) is 10.1. The number of nitrogens with zero attached hydrogens (tertiary/aromatic N) is 1. The molecule has 0 bridgehead atoms. The zero-order valence-electron chi connectivity index (χ0n) is 13.0. The fourth-order valence-electron chi connectivity index (χ4n) is 1.54. The van der Waals surface area contributed by atoms with Crippen LogP contribution in [0.15, 0.2) is 41.1 Å². The fourth-order valence-corrected chi connectivity index (χ4v) is 1.54. The Morgan fingerprint density at radius 3 is 2.62 bits per heavy atom. The van der Waals surface area contributed by atoms with Crippen molar-refractivity contribution in [3.8, 4) is 0 Å². The molecule has 5 heteroatoms. The van der Waals surface area contributed by atoms with Crippen LogP contribution >= 0.6 is 0 Å². The fraction of sp³-hybridized carbons (Fsp3) is 0.500. The van der Waals surface area contributed by atoms with Crippen molar-refractivity contribution >= 4 is 11.9 Å². The van der Waals surface area contributed by atoms with Crippen molar-refractivity contribution in [1.82, 2.24) is 0 Å². The summed E-state index contributed by atoms with van der Waals surface area (Å²) in [5, 5.41) is 0. The topological polar surface area (TPSA) is 90.7 Å². The number of hydrogen-bond donors (Lipinski definition) is 2. The van der Waals surface area contributed by atoms with Crippen LogP contribution in [0.3, 0.4) is 0 Å². The van der Waals surface area contributed by atoms with Gasteiger partial charge in [0, 0.05) is 13.0 Å². The van der Waals surface area contributed by atoms with Gasteiger partial charge in [0.1, 0.15) is 5.76 Å². The molecule has 0 heterocycles. The molecular formula is C16H27N3O2. The standard InChI is InChI=1S/C16H27N3O2/c1-3-5-7-11-14(10-4-2)21-15(20)12-8-6-9-13-19-16(17)18/h4-5,7,10-11H,3,6,8-9,12-13H2,1-2H3,(H4,17,18,19)/b7-5-,10-4-,14-11+. The molecule has 0 aromatic carbocycles. The molecule has 0 aliphatic carbocycles. The lowest BCUT2D eigenvalue weighted by Gasteiger charge is -2.04. The summed E-state index contributed by atoms with van der Waals surface area (Å²) in [5.41, 5.74) is 10.4. The quantitative estimate of drug-likeness (QED) is 0.162. The number of aliphatic imine (C=N–C) groups is 1. The van der Waals surface area contributed by atoms with Crippen LogP contribution in [0, 0.1) is 0 Å². The molecule has 0 aliphatic heterocycles. The second-order valence-corrected chi connectivity index (χ2v) is 4.50. The summed E-state index contributed by atoms with van der Waals surface area (Å²) < 4.78 is 5.30. The van der Waals surface area contributed by atoms with E-state index < -0.39 is 0 Å². The molecule has 0 radical (unpaired) electrons. The molecule has 0 saturated carbocycles. The Hall–Kier alpha value is -2.04. The van der Waals surface area contributed by atoms with Gasteiger partial charge in [0.25, 0.3) is 0 Å². The van der Waals surface area contributed by atoms with Gasteiger partial charge in [-0.2, -0.15) is 0 Å². The molecule has 0 saturated heterocycles. The molecule has 0 aliphatic rings. The van der Waals surface area contributed by atoms with Gasteiger partial charge in [0.05, 0.1) is 0 Å². The van der Waals surface area contributed by atoms with Crippen molar-refractivity contribution in [2.75, 3.05) is 6.54 Å². The number of ether oxygens (including phenoxy) is 1. The minimum Gasteiger partial charge on any atom is -0.427 e. The molecule has 0 unspecified atom stereocenters. The zero-order chi connectivity index (χ0) is 15.9. The minimum atomic E-state index is -0.217. The van der Waals surface area contributed by atoms with E-state index >= 15 is 0 Å². The molecule has 0 aromatic rings. The lowest BCUT2D eigenvalue weighted by atomic mass is 10.2. The van der Waals surface area contributed by atoms with E-state index in [2.05, 4.69) is 4.99 Å². The maximum Gasteiger partial charge on any atom is 0.311 e. The third-order valence-corrected chi connectivity index (χ3v) is 2.53. The van der Waals surface area contributed by atoms with E-state index in [1.165, 1.54) is 0 Å². The summed E-state index contributed by atoms with van der Waals surface area (Å²) >= 11 is 0. The lowest BCUT2D eigenvalue weighted by molar-refractivity contribution is -0.139. The highest BCUT2D eigenvalue weighted by molar-refractivity contribution is 5.75. The smallest absolute Gasteiger partial charge is 0.311 e. The van der Waals surface area contributed by atoms with Crippen molar-refractivity contribution in [1.29, 1.82) is 0 Å². The van der Waals surface area contributed by atoms with Crippen molar-refractivity contribution in [2.24, 2.45) is 16.5 Å². The number of carbonyl (C=O) groups excluding carboxylic acids is 1. The summed E-state index contributed by atoms with van der Waals surface area (Å²) in [7, 11) is 0. The van der Waals surface area contributed by atoms with Gasteiger partial charge in [-0.25, -0.2) is 0 Å². The van der Waals surface area contributed by atoms with Crippen molar-refractivity contribution in [2.45, 2.75) is 46.0 Å². The van der Waals surface area contributed by atoms with Crippen LogP contribution in [0.4, 0.5) is 0 Å². The van der Waals surface area contributed by atoms with Gasteiger partial charge in [-0.05, 0) is 38.3 Å². The number of allylic oxidation sites excluding steroid dienone is 5. The second kappa shape index (κ2) is 13.0. The Balaban J connectivity index is 4.01. The zero-order valence-corrected chi connectivity index (χ0v) is 13.0. The Labute approximate surface area is 127 Å². The summed E-state index contributed by atoms with van der Waals surface area (Å²) in [6, 6.07) is 0. The van der Waals surface area contributed by atoms with Crippen LogP contribution in [0.25, 0.3) is 0 Å². The SMILES string of the molecule is C\C=C/C(=C\C=C/CC)OC(=O)CCCCCN=C(N)N. The molecule has 0 fully saturated rings. The maximum atomic E-state index is 11.7. The molecule has 0 rings (SSSR count). The van der Waals surface area contributed by atoms with Crippen molar-refractivity contribution in [3.63, 3.8) is 0 Å². The minimum absolute atomic E-state index is 0.107.